The van der Waals surface area contributed by atoms with Crippen LogP contribution < -0.4 is 19.5 Å². The summed E-state index contributed by atoms with van der Waals surface area (Å²) in [6, 6.07) is 15.1. The smallest absolute Gasteiger partial charge is 0.236 e. The number of methoxy groups -OCH3 is 1. The number of hydrogen-bond donors (Lipinski definition) is 1. The van der Waals surface area contributed by atoms with Crippen LogP contribution in [0.25, 0.3) is 11.3 Å². The lowest BCUT2D eigenvalue weighted by atomic mass is 10.2. The van der Waals surface area contributed by atoms with Gasteiger partial charge in [-0.05, 0) is 36.4 Å². The van der Waals surface area contributed by atoms with Crippen LogP contribution in [0, 0.1) is 0 Å². The largest absolute Gasteiger partial charge is 0.497 e. The van der Waals surface area contributed by atoms with Crippen LogP contribution in [0.4, 0.5) is 5.13 Å². The molecule has 0 bridgehead atoms. The molecule has 1 atom stereocenters. The zero-order valence-electron chi connectivity index (χ0n) is 18.4. The molecule has 0 unspecified atom stereocenters. The maximum atomic E-state index is 12.5. The monoisotopic (exact) mass is 495 g/mol. The van der Waals surface area contributed by atoms with E-state index in [0.29, 0.717) is 34.2 Å². The minimum Gasteiger partial charge on any atom is -0.497 e. The number of para-hydroxylation sites is 2. The molecule has 0 aliphatic carbocycles. The third-order valence-corrected chi connectivity index (χ3v) is 6.91. The van der Waals surface area contributed by atoms with Crippen LogP contribution >= 0.6 is 23.1 Å². The maximum Gasteiger partial charge on any atom is 0.236 e. The normalized spacial score (nSPS) is 14.6. The third kappa shape index (κ3) is 4.70. The van der Waals surface area contributed by atoms with E-state index in [-0.39, 0.29) is 17.8 Å². The minimum atomic E-state index is -0.373. The van der Waals surface area contributed by atoms with E-state index in [1.165, 1.54) is 23.1 Å². The molecule has 11 heteroatoms. The molecule has 1 N–H and O–H groups in total. The minimum absolute atomic E-state index is 0.170. The summed E-state index contributed by atoms with van der Waals surface area (Å²) in [6.07, 6.45) is -0.373. The number of carbonyl (C=O) groups excluding carboxylic acids is 1. The first-order valence-electron chi connectivity index (χ1n) is 10.4. The van der Waals surface area contributed by atoms with E-state index in [0.717, 1.165) is 17.0 Å². The van der Waals surface area contributed by atoms with Crippen molar-refractivity contribution in [3.8, 4) is 28.5 Å². The highest BCUT2D eigenvalue weighted by molar-refractivity contribution is 7.99. The van der Waals surface area contributed by atoms with Crippen LogP contribution in [0.15, 0.2) is 59.1 Å². The number of thioether (sulfide) groups is 1. The molecule has 5 rings (SSSR count). The molecular weight excluding hydrogens is 474 g/mol. The Morgan fingerprint density at radius 3 is 2.79 bits per heavy atom. The van der Waals surface area contributed by atoms with Gasteiger partial charge in [-0.2, -0.15) is 0 Å². The molecule has 9 nitrogen and oxygen atoms in total. The zero-order valence-corrected chi connectivity index (χ0v) is 20.1. The second kappa shape index (κ2) is 9.74. The summed E-state index contributed by atoms with van der Waals surface area (Å²) in [5.74, 6) is 2.81. The number of fused-ring (bicyclic) bond motifs is 1. The Morgan fingerprint density at radius 1 is 1.21 bits per heavy atom. The lowest BCUT2D eigenvalue weighted by Crippen LogP contribution is -2.24. The van der Waals surface area contributed by atoms with Crippen LogP contribution in [0.2, 0.25) is 0 Å². The number of ether oxygens (including phenoxy) is 3. The van der Waals surface area contributed by atoms with Gasteiger partial charge >= 0.3 is 0 Å². The van der Waals surface area contributed by atoms with Crippen LogP contribution in [0.3, 0.4) is 0 Å². The van der Waals surface area contributed by atoms with Gasteiger partial charge in [-0.1, -0.05) is 23.9 Å². The van der Waals surface area contributed by atoms with Crippen molar-refractivity contribution in [3.05, 3.63) is 59.7 Å². The fraction of sp³-hybridized carbons (Fsp3) is 0.217. The number of hydrogen-bond acceptors (Lipinski definition) is 9. The third-order valence-electron chi connectivity index (χ3n) is 5.13. The zero-order chi connectivity index (χ0) is 23.5. The number of carbonyl (C=O) groups is 1. The highest BCUT2D eigenvalue weighted by atomic mass is 32.2. The van der Waals surface area contributed by atoms with Gasteiger partial charge in [-0.15, -0.1) is 21.5 Å². The molecule has 1 aliphatic rings. The van der Waals surface area contributed by atoms with E-state index in [9.17, 15) is 4.79 Å². The number of benzene rings is 2. The number of nitrogens with one attached hydrogen (secondary N) is 1. The second-order valence-electron chi connectivity index (χ2n) is 7.37. The summed E-state index contributed by atoms with van der Waals surface area (Å²) in [6.45, 7) is 0.342. The number of aromatic nitrogens is 4. The highest BCUT2D eigenvalue weighted by Crippen LogP contribution is 2.36. The van der Waals surface area contributed by atoms with Gasteiger partial charge in [-0.25, -0.2) is 4.98 Å². The standard InChI is InChI=1S/C23H21N5O4S2/c1-28-21(19-11-31-17-5-3-4-6-18(17)32-19)26-27-23(28)34-13-20(29)25-22-24-16(12-33-22)14-7-9-15(30-2)10-8-14/h3-10,12,19H,11,13H2,1-2H3,(H,24,25,29)/t19-/m1/s1. The fourth-order valence-electron chi connectivity index (χ4n) is 3.39. The van der Waals surface area contributed by atoms with Crippen molar-refractivity contribution < 1.29 is 19.0 Å². The number of nitrogens with zero attached hydrogens (tertiary/aromatic N) is 4. The Balaban J connectivity index is 1.17. The molecule has 3 heterocycles. The first kappa shape index (κ1) is 22.2. The topological polar surface area (TPSA) is 100 Å². The van der Waals surface area contributed by atoms with Crippen LogP contribution in [-0.2, 0) is 11.8 Å². The molecule has 0 saturated carbocycles. The van der Waals surface area contributed by atoms with Crippen molar-refractivity contribution in [3.63, 3.8) is 0 Å². The predicted octanol–water partition coefficient (Wildman–Crippen LogP) is 4.19. The molecule has 2 aromatic carbocycles. The molecule has 2 aromatic heterocycles. The summed E-state index contributed by atoms with van der Waals surface area (Å²) in [7, 11) is 3.48. The van der Waals surface area contributed by atoms with E-state index in [4.69, 9.17) is 14.2 Å². The molecule has 1 aliphatic heterocycles. The Bertz CT molecular complexity index is 1300. The molecule has 4 aromatic rings. The predicted molar refractivity (Wildman–Crippen MR) is 130 cm³/mol. The van der Waals surface area contributed by atoms with E-state index in [1.54, 1.807) is 7.11 Å². The number of anilines is 1. The lowest BCUT2D eigenvalue weighted by Gasteiger charge is -2.25. The van der Waals surface area contributed by atoms with Crippen molar-refractivity contribution in [2.45, 2.75) is 11.3 Å². The summed E-state index contributed by atoms with van der Waals surface area (Å²) in [5.41, 5.74) is 1.75. The lowest BCUT2D eigenvalue weighted by molar-refractivity contribution is -0.113. The van der Waals surface area contributed by atoms with Gasteiger partial charge in [0.25, 0.3) is 0 Å². The Kier molecular flexibility index (Phi) is 6.37. The molecular formula is C23H21N5O4S2. The fourth-order valence-corrected chi connectivity index (χ4v) is 4.84. The first-order chi connectivity index (χ1) is 16.6. The second-order valence-corrected chi connectivity index (χ2v) is 9.17. The summed E-state index contributed by atoms with van der Waals surface area (Å²) < 4.78 is 18.8. The van der Waals surface area contributed by atoms with Gasteiger partial charge in [0.1, 0.15) is 12.4 Å². The van der Waals surface area contributed by atoms with Crippen molar-refractivity contribution in [2.24, 2.45) is 7.05 Å². The van der Waals surface area contributed by atoms with E-state index in [1.807, 2.05) is 65.5 Å². The summed E-state index contributed by atoms with van der Waals surface area (Å²) in [4.78, 5) is 17.0. The van der Waals surface area contributed by atoms with Gasteiger partial charge in [0.15, 0.2) is 33.7 Å². The number of amides is 1. The molecule has 0 saturated heterocycles. The SMILES string of the molecule is COc1ccc(-c2csc(NC(=O)CSc3nnc([C@H]4COc5ccccc5O4)n3C)n2)cc1. The van der Waals surface area contributed by atoms with Gasteiger partial charge in [0, 0.05) is 18.0 Å². The van der Waals surface area contributed by atoms with Gasteiger partial charge < -0.3 is 24.1 Å². The Hall–Kier alpha value is -3.57. The Labute approximate surface area is 204 Å². The first-order valence-corrected chi connectivity index (χ1v) is 12.3. The van der Waals surface area contributed by atoms with E-state index in [2.05, 4.69) is 20.5 Å². The molecule has 34 heavy (non-hydrogen) atoms. The average Bonchev–Trinajstić information content (AvgIpc) is 3.49. The molecule has 1 amide bonds. The van der Waals surface area contributed by atoms with Gasteiger partial charge in [0.2, 0.25) is 5.91 Å². The maximum absolute atomic E-state index is 12.5. The number of rotatable bonds is 7. The number of thiazole rings is 1. The average molecular weight is 496 g/mol. The molecule has 0 spiro atoms. The van der Waals surface area contributed by atoms with Crippen molar-refractivity contribution in [2.75, 3.05) is 24.8 Å². The van der Waals surface area contributed by atoms with Crippen LogP contribution in [-0.4, -0.2) is 45.1 Å². The molecule has 0 radical (unpaired) electrons. The van der Waals surface area contributed by atoms with Crippen molar-refractivity contribution >= 4 is 34.1 Å². The Morgan fingerprint density at radius 2 is 2.00 bits per heavy atom. The summed E-state index contributed by atoms with van der Waals surface area (Å²) >= 11 is 2.67. The van der Waals surface area contributed by atoms with Crippen LogP contribution in [0.5, 0.6) is 17.2 Å². The highest BCUT2D eigenvalue weighted by Gasteiger charge is 2.27. The summed E-state index contributed by atoms with van der Waals surface area (Å²) in [5, 5.41) is 14.4. The van der Waals surface area contributed by atoms with Crippen molar-refractivity contribution in [1.82, 2.24) is 19.7 Å². The van der Waals surface area contributed by atoms with Crippen molar-refractivity contribution in [1.29, 1.82) is 0 Å². The quantitative estimate of drug-likeness (QED) is 0.381. The van der Waals surface area contributed by atoms with Gasteiger partial charge in [0.05, 0.1) is 18.6 Å². The van der Waals surface area contributed by atoms with Crippen LogP contribution in [0.1, 0.15) is 11.9 Å². The molecule has 0 fully saturated rings. The van der Waals surface area contributed by atoms with Gasteiger partial charge in [-0.3, -0.25) is 4.79 Å². The van der Waals surface area contributed by atoms with E-state index >= 15 is 0 Å². The molecule has 174 valence electrons. The van der Waals surface area contributed by atoms with E-state index < -0.39 is 0 Å².